The Morgan fingerprint density at radius 1 is 1.50 bits per heavy atom. The summed E-state index contributed by atoms with van der Waals surface area (Å²) in [6.07, 6.45) is 0.484. The summed E-state index contributed by atoms with van der Waals surface area (Å²) in [4.78, 5) is 24.7. The van der Waals surface area contributed by atoms with Crippen molar-refractivity contribution in [2.75, 3.05) is 13.2 Å². The average Bonchev–Trinajstić information content (AvgIpc) is 2.77. The van der Waals surface area contributed by atoms with Gasteiger partial charge in [-0.2, -0.15) is 0 Å². The number of amides is 1. The van der Waals surface area contributed by atoms with E-state index in [0.717, 1.165) is 10.0 Å². The van der Waals surface area contributed by atoms with E-state index in [9.17, 15) is 14.7 Å². The fraction of sp³-hybridized carbons (Fsp3) is 0.429. The minimum atomic E-state index is -1.02. The van der Waals surface area contributed by atoms with Gasteiger partial charge in [0.05, 0.1) is 0 Å². The molecular weight excluding hydrogens is 326 g/mol. The van der Waals surface area contributed by atoms with E-state index in [1.807, 2.05) is 24.3 Å². The zero-order valence-corrected chi connectivity index (χ0v) is 12.4. The minimum Gasteiger partial charge on any atom is -0.480 e. The second-order valence-electron chi connectivity index (χ2n) is 4.99. The molecule has 1 aliphatic rings. The second-order valence-corrected chi connectivity index (χ2v) is 5.90. The minimum absolute atomic E-state index is 0.0918. The molecule has 1 aliphatic heterocycles. The van der Waals surface area contributed by atoms with Crippen LogP contribution in [0.2, 0.25) is 0 Å². The summed E-state index contributed by atoms with van der Waals surface area (Å²) in [6.45, 7) is 0.214. The number of hydrogen-bond acceptors (Lipinski definition) is 3. The molecule has 0 saturated carbocycles. The molecule has 0 bridgehead atoms. The number of halogens is 1. The van der Waals surface area contributed by atoms with Gasteiger partial charge in [-0.15, -0.1) is 0 Å². The zero-order chi connectivity index (χ0) is 14.7. The van der Waals surface area contributed by atoms with Gasteiger partial charge in [0.1, 0.15) is 6.04 Å². The Balaban J connectivity index is 2.16. The van der Waals surface area contributed by atoms with Crippen molar-refractivity contribution < 1.29 is 19.8 Å². The summed E-state index contributed by atoms with van der Waals surface area (Å²) >= 11 is 3.34. The van der Waals surface area contributed by atoms with Crippen LogP contribution < -0.4 is 0 Å². The molecule has 0 aliphatic carbocycles. The number of aliphatic hydroxyl groups excluding tert-OH is 1. The van der Waals surface area contributed by atoms with Crippen LogP contribution in [-0.4, -0.2) is 46.2 Å². The molecule has 2 rings (SSSR count). The third kappa shape index (κ3) is 3.37. The molecule has 20 heavy (non-hydrogen) atoms. The lowest BCUT2D eigenvalue weighted by Crippen LogP contribution is -2.43. The van der Waals surface area contributed by atoms with Crippen LogP contribution in [0, 0.1) is 5.92 Å². The molecule has 5 nitrogen and oxygen atoms in total. The van der Waals surface area contributed by atoms with E-state index in [0.29, 0.717) is 6.54 Å². The SMILES string of the molecule is O=C(O)C(Cc1cccc(Br)c1)N1CC(CO)CC1=O. The molecule has 1 aromatic rings. The van der Waals surface area contributed by atoms with Crippen molar-refractivity contribution in [1.29, 1.82) is 0 Å². The van der Waals surface area contributed by atoms with Gasteiger partial charge in [0, 0.05) is 36.4 Å². The first-order valence-corrected chi connectivity index (χ1v) is 7.18. The molecule has 1 aromatic carbocycles. The molecule has 6 heteroatoms. The zero-order valence-electron chi connectivity index (χ0n) is 10.8. The first-order valence-electron chi connectivity index (χ1n) is 6.39. The largest absolute Gasteiger partial charge is 0.480 e. The van der Waals surface area contributed by atoms with E-state index in [4.69, 9.17) is 5.11 Å². The van der Waals surface area contributed by atoms with Gasteiger partial charge >= 0.3 is 5.97 Å². The monoisotopic (exact) mass is 341 g/mol. The van der Waals surface area contributed by atoms with E-state index >= 15 is 0 Å². The van der Waals surface area contributed by atoms with Crippen LogP contribution in [-0.2, 0) is 16.0 Å². The molecule has 1 amide bonds. The summed E-state index contributed by atoms with van der Waals surface area (Å²) < 4.78 is 0.875. The molecule has 0 aromatic heterocycles. The van der Waals surface area contributed by atoms with Crippen LogP contribution in [0.25, 0.3) is 0 Å². The number of nitrogens with zero attached hydrogens (tertiary/aromatic N) is 1. The fourth-order valence-corrected chi connectivity index (χ4v) is 2.90. The average molecular weight is 342 g/mol. The number of carboxylic acid groups (broad SMARTS) is 1. The molecule has 2 unspecified atom stereocenters. The predicted octanol–water partition coefficient (Wildman–Crippen LogP) is 1.29. The van der Waals surface area contributed by atoms with E-state index < -0.39 is 12.0 Å². The van der Waals surface area contributed by atoms with Gasteiger partial charge in [-0.25, -0.2) is 4.79 Å². The summed E-state index contributed by atoms with van der Waals surface area (Å²) in [5.41, 5.74) is 0.854. The van der Waals surface area contributed by atoms with Gasteiger partial charge in [0.25, 0.3) is 0 Å². The second kappa shape index (κ2) is 6.37. The maximum Gasteiger partial charge on any atom is 0.326 e. The van der Waals surface area contributed by atoms with Crippen LogP contribution in [0.3, 0.4) is 0 Å². The molecule has 1 fully saturated rings. The number of aliphatic hydroxyl groups is 1. The van der Waals surface area contributed by atoms with Gasteiger partial charge in [-0.1, -0.05) is 28.1 Å². The molecule has 0 radical (unpaired) electrons. The van der Waals surface area contributed by atoms with Gasteiger partial charge in [-0.3, -0.25) is 4.79 Å². The van der Waals surface area contributed by atoms with Crippen molar-refractivity contribution in [2.24, 2.45) is 5.92 Å². The van der Waals surface area contributed by atoms with Crippen molar-refractivity contribution in [2.45, 2.75) is 18.9 Å². The summed E-state index contributed by atoms with van der Waals surface area (Å²) in [7, 11) is 0. The van der Waals surface area contributed by atoms with Gasteiger partial charge < -0.3 is 15.1 Å². The number of rotatable bonds is 5. The van der Waals surface area contributed by atoms with Crippen LogP contribution >= 0.6 is 15.9 Å². The maximum atomic E-state index is 11.9. The summed E-state index contributed by atoms with van der Waals surface area (Å²) in [6, 6.07) is 6.50. The van der Waals surface area contributed by atoms with Crippen molar-refractivity contribution in [3.8, 4) is 0 Å². The van der Waals surface area contributed by atoms with Crippen LogP contribution in [0.5, 0.6) is 0 Å². The number of benzene rings is 1. The number of carbonyl (C=O) groups excluding carboxylic acids is 1. The lowest BCUT2D eigenvalue weighted by Gasteiger charge is -2.24. The van der Waals surface area contributed by atoms with Gasteiger partial charge in [-0.05, 0) is 17.7 Å². The highest BCUT2D eigenvalue weighted by Gasteiger charge is 2.37. The Kier molecular flexibility index (Phi) is 4.77. The number of likely N-dealkylation sites (tertiary alicyclic amines) is 1. The molecule has 2 atom stereocenters. The van der Waals surface area contributed by atoms with Crippen molar-refractivity contribution >= 4 is 27.8 Å². The van der Waals surface area contributed by atoms with Crippen LogP contribution in [0.1, 0.15) is 12.0 Å². The van der Waals surface area contributed by atoms with E-state index in [1.165, 1.54) is 4.90 Å². The number of carboxylic acids is 1. The predicted molar refractivity (Wildman–Crippen MR) is 76.2 cm³/mol. The highest BCUT2D eigenvalue weighted by atomic mass is 79.9. The van der Waals surface area contributed by atoms with Crippen LogP contribution in [0.15, 0.2) is 28.7 Å². The molecule has 0 spiro atoms. The van der Waals surface area contributed by atoms with Crippen molar-refractivity contribution in [3.63, 3.8) is 0 Å². The number of carbonyl (C=O) groups is 2. The molecule has 108 valence electrons. The lowest BCUT2D eigenvalue weighted by atomic mass is 10.0. The Morgan fingerprint density at radius 3 is 2.80 bits per heavy atom. The normalized spacial score (nSPS) is 20.2. The topological polar surface area (TPSA) is 77.8 Å². The van der Waals surface area contributed by atoms with E-state index in [1.54, 1.807) is 0 Å². The Morgan fingerprint density at radius 2 is 2.25 bits per heavy atom. The molecule has 1 saturated heterocycles. The third-order valence-electron chi connectivity index (χ3n) is 3.48. The fourth-order valence-electron chi connectivity index (χ4n) is 2.45. The Labute approximate surface area is 125 Å². The highest BCUT2D eigenvalue weighted by Crippen LogP contribution is 2.22. The van der Waals surface area contributed by atoms with E-state index in [-0.39, 0.29) is 31.3 Å². The molecule has 1 heterocycles. The molecule has 2 N–H and O–H groups in total. The first kappa shape index (κ1) is 15.0. The van der Waals surface area contributed by atoms with E-state index in [2.05, 4.69) is 15.9 Å². The summed E-state index contributed by atoms with van der Waals surface area (Å²) in [5.74, 6) is -1.38. The molecular formula is C14H16BrNO4. The lowest BCUT2D eigenvalue weighted by molar-refractivity contribution is -0.148. The smallest absolute Gasteiger partial charge is 0.326 e. The van der Waals surface area contributed by atoms with Crippen LogP contribution in [0.4, 0.5) is 0 Å². The highest BCUT2D eigenvalue weighted by molar-refractivity contribution is 9.10. The van der Waals surface area contributed by atoms with Gasteiger partial charge in [0.2, 0.25) is 5.91 Å². The van der Waals surface area contributed by atoms with Gasteiger partial charge in [0.15, 0.2) is 0 Å². The maximum absolute atomic E-state index is 11.9. The van der Waals surface area contributed by atoms with Crippen molar-refractivity contribution in [3.05, 3.63) is 34.3 Å². The number of hydrogen-bond donors (Lipinski definition) is 2. The standard InChI is InChI=1S/C14H16BrNO4/c15-11-3-1-2-9(4-11)5-12(14(19)20)16-7-10(8-17)6-13(16)18/h1-4,10,12,17H,5-8H2,(H,19,20). The quantitative estimate of drug-likeness (QED) is 0.845. The third-order valence-corrected chi connectivity index (χ3v) is 3.97. The first-order chi connectivity index (χ1) is 9.51. The Bertz CT molecular complexity index is 520. The number of aliphatic carboxylic acids is 1. The summed E-state index contributed by atoms with van der Waals surface area (Å²) in [5, 5.41) is 18.5. The van der Waals surface area contributed by atoms with Crippen molar-refractivity contribution in [1.82, 2.24) is 4.90 Å². The Hall–Kier alpha value is -1.40.